The van der Waals surface area contributed by atoms with Gasteiger partial charge in [-0.15, -0.1) is 0 Å². The van der Waals surface area contributed by atoms with Gasteiger partial charge < -0.3 is 12.0 Å². The first-order valence-electron chi connectivity index (χ1n) is 1.80. The quantitative estimate of drug-likeness (QED) is 0.385. The lowest BCUT2D eigenvalue weighted by Crippen LogP contribution is -2.26. The van der Waals surface area contributed by atoms with Crippen molar-refractivity contribution in [3.63, 3.8) is 0 Å². The maximum absolute atomic E-state index is 10.0. The van der Waals surface area contributed by atoms with Crippen molar-refractivity contribution in [2.75, 3.05) is 0 Å². The molecule has 1 heterocycles. The van der Waals surface area contributed by atoms with Gasteiger partial charge in [-0.2, -0.15) is 0 Å². The Labute approximate surface area is 45.7 Å². The van der Waals surface area contributed by atoms with Gasteiger partial charge in [0.25, 0.3) is 0 Å². The predicted octanol–water partition coefficient (Wildman–Crippen LogP) is 0.252. The Morgan fingerprint density at radius 1 is 1.71 bits per heavy atom. The maximum atomic E-state index is 10.0. The molecule has 1 aliphatic rings. The van der Waals surface area contributed by atoms with Crippen LogP contribution in [-0.4, -0.2) is 19.7 Å². The summed E-state index contributed by atoms with van der Waals surface area (Å²) in [5.74, 6) is 1.69. The van der Waals surface area contributed by atoms with Gasteiger partial charge in [0.15, 0.2) is 0 Å². The average Bonchev–Trinajstić information content (AvgIpc) is 1.27. The normalized spacial score (nSPS) is 26.9. The van der Waals surface area contributed by atoms with Crippen LogP contribution in [0.1, 0.15) is 0 Å². The van der Waals surface area contributed by atoms with Crippen LogP contribution in [0.3, 0.4) is 0 Å². The van der Waals surface area contributed by atoms with Crippen LogP contribution in [0.15, 0.2) is 0 Å². The van der Waals surface area contributed by atoms with Crippen LogP contribution in [0.5, 0.6) is 0 Å². The lowest BCUT2D eigenvalue weighted by atomic mass is 11.9. The van der Waals surface area contributed by atoms with Crippen molar-refractivity contribution < 1.29 is 16.6 Å². The molecule has 0 aromatic rings. The molecule has 0 aromatic heterocycles. The first-order chi connectivity index (χ1) is 3.10. The molecular weight excluding hydrogens is 134 g/mol. The minimum Gasteiger partial charge on any atom is -0.389 e. The lowest BCUT2D eigenvalue weighted by Gasteiger charge is -2.24. The Balaban J connectivity index is 2.44. The van der Waals surface area contributed by atoms with E-state index >= 15 is 0 Å². The van der Waals surface area contributed by atoms with Gasteiger partial charge in [-0.1, -0.05) is 5.79 Å². The predicted molar refractivity (Wildman–Crippen MR) is 23.6 cm³/mol. The lowest BCUT2D eigenvalue weighted by molar-refractivity contribution is 0.207. The van der Waals surface area contributed by atoms with Crippen LogP contribution in [-0.2, 0) is 11.7 Å². The van der Waals surface area contributed by atoms with Crippen molar-refractivity contribution in [3.8, 4) is 0 Å². The van der Waals surface area contributed by atoms with Gasteiger partial charge >= 0.3 is 22.6 Å². The van der Waals surface area contributed by atoms with E-state index < -0.39 is 22.6 Å². The monoisotopic (exact) mass is 138 g/mol. The second-order valence-electron chi connectivity index (χ2n) is 1.25. The molecule has 6 heteroatoms. The fraction of sp³-hybridized carbons (Fsp3) is 1.00. The molecule has 0 atom stereocenters. The number of hydrogen-bond acceptors (Lipinski definition) is 3. The van der Waals surface area contributed by atoms with Crippen LogP contribution < -0.4 is 0 Å². The Hall–Kier alpha value is 0.642. The minimum absolute atomic E-state index is 1.61. The summed E-state index contributed by atoms with van der Waals surface area (Å²) in [5, 5.41) is 0. The molecule has 1 saturated heterocycles. The zero-order valence-corrected chi connectivity index (χ0v) is 5.75. The topological polar surface area (TPSA) is 55.8 Å². The molecule has 1 N–H and O–H groups in total. The highest BCUT2D eigenvalue weighted by Crippen LogP contribution is 2.53. The van der Waals surface area contributed by atoms with Crippen molar-refractivity contribution in [3.05, 3.63) is 0 Å². The summed E-state index contributed by atoms with van der Waals surface area (Å²) in [5.41, 5.74) is 0. The number of phosphoric acid groups is 1. The van der Waals surface area contributed by atoms with E-state index in [9.17, 15) is 4.57 Å². The summed E-state index contributed by atoms with van der Waals surface area (Å²) >= 11 is -1.61. The summed E-state index contributed by atoms with van der Waals surface area (Å²) in [6, 6.07) is 0. The fourth-order valence-corrected chi connectivity index (χ4v) is 3.45. The minimum atomic E-state index is -3.46. The summed E-state index contributed by atoms with van der Waals surface area (Å²) in [4.78, 5) is 8.23. The third kappa shape index (κ3) is 1.26. The third-order valence-electron chi connectivity index (χ3n) is 0.563. The fourth-order valence-electron chi connectivity index (χ4n) is 0.383. The summed E-state index contributed by atoms with van der Waals surface area (Å²) in [7, 11) is -3.46. The van der Waals surface area contributed by atoms with E-state index in [4.69, 9.17) is 4.89 Å². The van der Waals surface area contributed by atoms with Gasteiger partial charge in [0.1, 0.15) is 0 Å². The molecule has 4 nitrogen and oxygen atoms in total. The third-order valence-corrected chi connectivity index (χ3v) is 5.07. The molecule has 0 aliphatic carbocycles. The molecule has 0 aromatic carbocycles. The van der Waals surface area contributed by atoms with E-state index in [-0.39, 0.29) is 0 Å². The van der Waals surface area contributed by atoms with Gasteiger partial charge in [0, 0.05) is 0 Å². The van der Waals surface area contributed by atoms with Crippen molar-refractivity contribution in [1.29, 1.82) is 0 Å². The van der Waals surface area contributed by atoms with Gasteiger partial charge in [0.2, 0.25) is 0 Å². The average molecular weight is 138 g/mol. The Morgan fingerprint density at radius 3 is 2.14 bits per heavy atom. The molecule has 0 saturated carbocycles. The van der Waals surface area contributed by atoms with Crippen LogP contribution in [0.2, 0.25) is 5.79 Å². The van der Waals surface area contributed by atoms with Crippen LogP contribution in [0.25, 0.3) is 0 Å². The van der Waals surface area contributed by atoms with Crippen molar-refractivity contribution in [2.24, 2.45) is 0 Å². The molecular formula is CH4AlO4P. The highest BCUT2D eigenvalue weighted by Gasteiger charge is 2.45. The zero-order chi connectivity index (χ0) is 5.49. The molecule has 7 heavy (non-hydrogen) atoms. The zero-order valence-electron chi connectivity index (χ0n) is 3.70. The molecule has 1 aliphatic heterocycles. The van der Waals surface area contributed by atoms with Crippen molar-refractivity contribution in [1.82, 2.24) is 0 Å². The molecule has 0 amide bonds. The molecule has 0 spiro atoms. The van der Waals surface area contributed by atoms with E-state index in [1.165, 1.54) is 0 Å². The van der Waals surface area contributed by atoms with Gasteiger partial charge in [-0.3, -0.25) is 0 Å². The Bertz CT molecular complexity index is 113. The van der Waals surface area contributed by atoms with Crippen LogP contribution in [0.4, 0.5) is 0 Å². The summed E-state index contributed by atoms with van der Waals surface area (Å²) in [6.07, 6.45) is 0. The van der Waals surface area contributed by atoms with Gasteiger partial charge in [0.05, 0.1) is 0 Å². The van der Waals surface area contributed by atoms with Gasteiger partial charge in [-0.05, 0) is 0 Å². The van der Waals surface area contributed by atoms with E-state index in [1.54, 1.807) is 5.79 Å². The summed E-state index contributed by atoms with van der Waals surface area (Å²) < 4.78 is 18.7. The number of hydrogen-bond donors (Lipinski definition) is 1. The Kier molecular flexibility index (Phi) is 1.29. The van der Waals surface area contributed by atoms with E-state index in [1.807, 2.05) is 0 Å². The second kappa shape index (κ2) is 1.56. The summed E-state index contributed by atoms with van der Waals surface area (Å²) in [6.45, 7) is 0. The first-order valence-corrected chi connectivity index (χ1v) is 5.39. The molecule has 40 valence electrons. The van der Waals surface area contributed by atoms with E-state index in [0.29, 0.717) is 0 Å². The highest BCUT2D eigenvalue weighted by atomic mass is 31.2. The smallest absolute Gasteiger partial charge is 0.389 e. The number of rotatable bonds is 0. The van der Waals surface area contributed by atoms with Crippen LogP contribution in [0, 0.1) is 0 Å². The molecule has 0 radical (unpaired) electrons. The molecule has 0 bridgehead atoms. The maximum Gasteiger partial charge on any atom is 0.688 e. The standard InChI is InChI=1S/CH3.Al.H3O4P/c;;1-5(2,3)4/h1H3;;(H3,1,2,3,4)/q;+2;/p-2. The molecule has 1 fully saturated rings. The van der Waals surface area contributed by atoms with Crippen molar-refractivity contribution in [2.45, 2.75) is 5.79 Å². The van der Waals surface area contributed by atoms with Crippen molar-refractivity contribution >= 4 is 22.6 Å². The SMILES string of the molecule is [CH3][Al]1[O]P(=O)(O)[O]1. The van der Waals surface area contributed by atoms with E-state index in [2.05, 4.69) is 7.15 Å². The first kappa shape index (κ1) is 5.77. The highest BCUT2D eigenvalue weighted by molar-refractivity contribution is 7.53. The van der Waals surface area contributed by atoms with Gasteiger partial charge in [-0.25, -0.2) is 4.57 Å². The van der Waals surface area contributed by atoms with E-state index in [0.717, 1.165) is 0 Å². The molecule has 1 rings (SSSR count). The second-order valence-corrected chi connectivity index (χ2v) is 5.01. The largest absolute Gasteiger partial charge is 0.688 e. The molecule has 0 unspecified atom stereocenters. The Morgan fingerprint density at radius 2 is 2.14 bits per heavy atom. The van der Waals surface area contributed by atoms with Crippen LogP contribution >= 0.6 is 7.82 Å².